The van der Waals surface area contributed by atoms with Crippen LogP contribution in [-0.2, 0) is 0 Å². The molecular formula is C20H24F3N5O2. The minimum atomic E-state index is -4.27. The molecule has 1 aromatic rings. The van der Waals surface area contributed by atoms with Gasteiger partial charge in [0.1, 0.15) is 5.69 Å². The molecule has 2 heterocycles. The van der Waals surface area contributed by atoms with Gasteiger partial charge in [-0.2, -0.15) is 13.2 Å². The lowest BCUT2D eigenvalue weighted by Gasteiger charge is -2.25. The summed E-state index contributed by atoms with van der Waals surface area (Å²) in [5.41, 5.74) is 6.44. The van der Waals surface area contributed by atoms with Crippen molar-refractivity contribution in [3.05, 3.63) is 66.3 Å². The third-order valence-electron chi connectivity index (χ3n) is 4.62. The number of likely N-dealkylation sites (tertiary alicyclic amines) is 1. The monoisotopic (exact) mass is 423 g/mol. The quantitative estimate of drug-likeness (QED) is 0.556. The number of halogens is 3. The van der Waals surface area contributed by atoms with E-state index >= 15 is 0 Å². The van der Waals surface area contributed by atoms with Gasteiger partial charge in [-0.3, -0.25) is 19.5 Å². The Hall–Kier alpha value is -3.14. The Labute approximate surface area is 172 Å². The molecule has 1 fully saturated rings. The molecule has 1 saturated heterocycles. The zero-order valence-corrected chi connectivity index (χ0v) is 16.3. The highest BCUT2D eigenvalue weighted by Crippen LogP contribution is 2.23. The van der Waals surface area contributed by atoms with Crippen LogP contribution in [0.5, 0.6) is 0 Å². The summed E-state index contributed by atoms with van der Waals surface area (Å²) in [4.78, 5) is 29.8. The summed E-state index contributed by atoms with van der Waals surface area (Å²) in [6.45, 7) is 6.52. The maximum Gasteiger partial charge on any atom is 0.401 e. The highest BCUT2D eigenvalue weighted by molar-refractivity contribution is 5.96. The molecule has 1 atom stereocenters. The van der Waals surface area contributed by atoms with Crippen LogP contribution >= 0.6 is 0 Å². The van der Waals surface area contributed by atoms with E-state index in [0.29, 0.717) is 19.4 Å². The van der Waals surface area contributed by atoms with Gasteiger partial charge >= 0.3 is 6.18 Å². The Kier molecular flexibility index (Phi) is 7.76. The third-order valence-corrected chi connectivity index (χ3v) is 4.62. The van der Waals surface area contributed by atoms with Gasteiger partial charge in [-0.1, -0.05) is 13.2 Å². The molecule has 0 radical (unpaired) electrons. The van der Waals surface area contributed by atoms with Crippen LogP contribution in [0.1, 0.15) is 33.7 Å². The molecule has 1 aliphatic rings. The molecule has 2 amide bonds. The van der Waals surface area contributed by atoms with Crippen molar-refractivity contribution in [2.24, 2.45) is 5.73 Å². The number of nitrogens with two attached hydrogens (primary N) is 1. The molecule has 7 nitrogen and oxygen atoms in total. The number of carbonyl (C=O) groups is 2. The summed E-state index contributed by atoms with van der Waals surface area (Å²) in [5.74, 6) is -1.02. The van der Waals surface area contributed by atoms with Crippen molar-refractivity contribution in [2.75, 3.05) is 19.6 Å². The first-order valence-electron chi connectivity index (χ1n) is 9.25. The second-order valence-electron chi connectivity index (χ2n) is 6.76. The zero-order chi connectivity index (χ0) is 22.3. The molecule has 0 spiro atoms. The number of aromatic nitrogens is 1. The normalized spacial score (nSPS) is 17.8. The van der Waals surface area contributed by atoms with E-state index in [4.69, 9.17) is 5.73 Å². The Morgan fingerprint density at radius 2 is 2.00 bits per heavy atom. The molecule has 0 aromatic carbocycles. The van der Waals surface area contributed by atoms with E-state index < -0.39 is 24.5 Å². The van der Waals surface area contributed by atoms with Crippen LogP contribution in [0.25, 0.3) is 0 Å². The van der Waals surface area contributed by atoms with E-state index in [1.165, 1.54) is 35.4 Å². The van der Waals surface area contributed by atoms with E-state index in [-0.39, 0.29) is 35.2 Å². The lowest BCUT2D eigenvalue weighted by Crippen LogP contribution is -2.44. The average Bonchev–Trinajstić information content (AvgIpc) is 3.14. The van der Waals surface area contributed by atoms with Crippen LogP contribution in [0.3, 0.4) is 0 Å². The first kappa shape index (κ1) is 23.1. The molecule has 162 valence electrons. The van der Waals surface area contributed by atoms with Crippen molar-refractivity contribution in [3.63, 3.8) is 0 Å². The smallest absolute Gasteiger partial charge is 0.397 e. The maximum absolute atomic E-state index is 12.6. The highest BCUT2D eigenvalue weighted by Gasteiger charge is 2.36. The lowest BCUT2D eigenvalue weighted by atomic mass is 10.2. The summed E-state index contributed by atoms with van der Waals surface area (Å²) in [6.07, 6.45) is 0.908. The minimum absolute atomic E-state index is 0.0508. The molecule has 1 unspecified atom stereocenters. The number of alkyl halides is 3. The molecule has 4 N–H and O–H groups in total. The van der Waals surface area contributed by atoms with E-state index in [1.807, 2.05) is 0 Å². The van der Waals surface area contributed by atoms with E-state index in [0.717, 1.165) is 0 Å². The molecule has 30 heavy (non-hydrogen) atoms. The van der Waals surface area contributed by atoms with Crippen LogP contribution in [0.4, 0.5) is 13.2 Å². The number of nitrogens with zero attached hydrogens (tertiary/aromatic N) is 2. The van der Waals surface area contributed by atoms with Crippen LogP contribution in [-0.4, -0.2) is 53.6 Å². The number of nitrogens with one attached hydrogen (secondary N) is 2. The predicted molar refractivity (Wildman–Crippen MR) is 106 cm³/mol. The van der Waals surface area contributed by atoms with Gasteiger partial charge in [-0.05, 0) is 43.7 Å². The molecule has 0 saturated carbocycles. The number of hydrogen-bond acceptors (Lipinski definition) is 5. The van der Waals surface area contributed by atoms with Crippen molar-refractivity contribution < 1.29 is 22.8 Å². The van der Waals surface area contributed by atoms with E-state index in [9.17, 15) is 22.8 Å². The predicted octanol–water partition coefficient (Wildman–Crippen LogP) is 2.11. The lowest BCUT2D eigenvalue weighted by molar-refractivity contribution is -0.147. The number of allylic oxidation sites excluding steroid dienone is 2. The minimum Gasteiger partial charge on any atom is -0.397 e. The molecule has 0 bridgehead atoms. The van der Waals surface area contributed by atoms with Gasteiger partial charge in [-0.25, -0.2) is 0 Å². The fraction of sp³-hybridized carbons (Fsp3) is 0.350. The molecule has 0 aliphatic carbocycles. The second-order valence-corrected chi connectivity index (χ2v) is 6.76. The number of hydrogen-bond donors (Lipinski definition) is 3. The highest BCUT2D eigenvalue weighted by atomic mass is 19.4. The number of carbonyl (C=O) groups excluding carboxylic acids is 2. The number of pyridine rings is 1. The summed E-state index contributed by atoms with van der Waals surface area (Å²) in [5, 5.41) is 5.17. The maximum atomic E-state index is 12.6. The van der Waals surface area contributed by atoms with Gasteiger partial charge in [0, 0.05) is 18.8 Å². The van der Waals surface area contributed by atoms with Gasteiger partial charge in [0.15, 0.2) is 0 Å². The Morgan fingerprint density at radius 3 is 2.57 bits per heavy atom. The van der Waals surface area contributed by atoms with Crippen LogP contribution in [0, 0.1) is 0 Å². The summed E-state index contributed by atoms with van der Waals surface area (Å²) < 4.78 is 37.9. The van der Waals surface area contributed by atoms with Crippen LogP contribution in [0.15, 0.2) is 55.0 Å². The third kappa shape index (κ3) is 6.45. The van der Waals surface area contributed by atoms with Crippen LogP contribution < -0.4 is 16.4 Å². The Bertz CT molecular complexity index is 834. The first-order valence-corrected chi connectivity index (χ1v) is 9.25. The Morgan fingerprint density at radius 1 is 1.27 bits per heavy atom. The summed E-state index contributed by atoms with van der Waals surface area (Å²) >= 11 is 0. The average molecular weight is 423 g/mol. The molecular weight excluding hydrogens is 399 g/mol. The molecule has 10 heteroatoms. The number of amides is 2. The standard InChI is InChI=1S/C20H24F3N5O2/c1-3-15(24)16(4-2)27-19(30)17-8-7-13(10-25-17)18(29)26-11-14-6-5-9-28(14)12-20(21,22)23/h3-4,7-8,10,14H,1-2,5-6,9,11-12,24H2,(H,26,29)(H,27,30)/b16-15-. The van der Waals surface area contributed by atoms with Gasteiger partial charge in [0.25, 0.3) is 11.8 Å². The van der Waals surface area contributed by atoms with Gasteiger partial charge in [0.05, 0.1) is 23.5 Å². The first-order chi connectivity index (χ1) is 14.1. The molecule has 1 aromatic heterocycles. The Balaban J connectivity index is 1.94. The molecule has 1 aliphatic heterocycles. The molecule has 2 rings (SSSR count). The van der Waals surface area contributed by atoms with Crippen molar-refractivity contribution >= 4 is 11.8 Å². The van der Waals surface area contributed by atoms with Crippen molar-refractivity contribution in [2.45, 2.75) is 25.1 Å². The van der Waals surface area contributed by atoms with Crippen molar-refractivity contribution in [3.8, 4) is 0 Å². The van der Waals surface area contributed by atoms with Gasteiger partial charge in [0.2, 0.25) is 0 Å². The summed E-state index contributed by atoms with van der Waals surface area (Å²) in [7, 11) is 0. The second kappa shape index (κ2) is 10.1. The van der Waals surface area contributed by atoms with Crippen molar-refractivity contribution in [1.29, 1.82) is 0 Å². The topological polar surface area (TPSA) is 100 Å². The van der Waals surface area contributed by atoms with Crippen molar-refractivity contribution in [1.82, 2.24) is 20.5 Å². The zero-order valence-electron chi connectivity index (χ0n) is 16.3. The SMILES string of the molecule is C=C/C(N)=C(\C=C)NC(=O)c1ccc(C(=O)NCC2CCCN2CC(F)(F)F)cn1. The fourth-order valence-corrected chi connectivity index (χ4v) is 3.08. The summed E-state index contributed by atoms with van der Waals surface area (Å²) in [6, 6.07) is 2.40. The van der Waals surface area contributed by atoms with Gasteiger partial charge < -0.3 is 16.4 Å². The van der Waals surface area contributed by atoms with E-state index in [2.05, 4.69) is 28.8 Å². The van der Waals surface area contributed by atoms with E-state index in [1.54, 1.807) is 0 Å². The largest absolute Gasteiger partial charge is 0.401 e. The van der Waals surface area contributed by atoms with Gasteiger partial charge in [-0.15, -0.1) is 0 Å². The fourth-order valence-electron chi connectivity index (χ4n) is 3.08. The number of rotatable bonds is 8. The van der Waals surface area contributed by atoms with Crippen LogP contribution in [0.2, 0.25) is 0 Å².